The molecule has 0 radical (unpaired) electrons. The summed E-state index contributed by atoms with van der Waals surface area (Å²) < 4.78 is 23.1. The molecule has 3 heterocycles. The lowest BCUT2D eigenvalue weighted by Gasteiger charge is -2.09. The van der Waals surface area contributed by atoms with Crippen molar-refractivity contribution in [2.45, 2.75) is 6.92 Å². The first-order valence-corrected chi connectivity index (χ1v) is 8.55. The Bertz CT molecular complexity index is 1230. The Morgan fingerprint density at radius 2 is 2.04 bits per heavy atom. The summed E-state index contributed by atoms with van der Waals surface area (Å²) in [5.74, 6) is -0.668. The van der Waals surface area contributed by atoms with Crippen LogP contribution in [-0.2, 0) is 11.8 Å². The van der Waals surface area contributed by atoms with Crippen LogP contribution >= 0.6 is 0 Å². The first kappa shape index (κ1) is 17.7. The lowest BCUT2D eigenvalue weighted by molar-refractivity contribution is 0.0600. The highest BCUT2D eigenvalue weighted by molar-refractivity contribution is 5.92. The van der Waals surface area contributed by atoms with Gasteiger partial charge >= 0.3 is 5.97 Å². The molecular weight excluding hydrogens is 361 g/mol. The van der Waals surface area contributed by atoms with E-state index in [2.05, 4.69) is 9.97 Å². The number of esters is 1. The second kappa shape index (κ2) is 6.49. The number of nitrogen functional groups attached to an aromatic ring is 1. The van der Waals surface area contributed by atoms with E-state index >= 15 is 0 Å². The molecule has 2 N–H and O–H groups in total. The van der Waals surface area contributed by atoms with E-state index in [1.165, 1.54) is 13.2 Å². The normalized spacial score (nSPS) is 11.1. The van der Waals surface area contributed by atoms with Crippen molar-refractivity contribution in [1.29, 1.82) is 0 Å². The monoisotopic (exact) mass is 379 g/mol. The number of hydrogen-bond acceptors (Lipinski definition) is 5. The zero-order valence-electron chi connectivity index (χ0n) is 15.6. The number of anilines is 1. The van der Waals surface area contributed by atoms with Crippen LogP contribution < -0.4 is 5.73 Å². The summed E-state index contributed by atoms with van der Waals surface area (Å²) in [4.78, 5) is 20.7. The van der Waals surface area contributed by atoms with Crippen molar-refractivity contribution in [3.05, 3.63) is 59.9 Å². The van der Waals surface area contributed by atoms with Crippen LogP contribution in [0.3, 0.4) is 0 Å². The van der Waals surface area contributed by atoms with Gasteiger partial charge in [-0.3, -0.25) is 4.40 Å². The first-order chi connectivity index (χ1) is 13.4. The molecule has 3 aromatic heterocycles. The van der Waals surface area contributed by atoms with Crippen molar-refractivity contribution in [2.75, 3.05) is 12.8 Å². The Balaban J connectivity index is 1.97. The van der Waals surface area contributed by atoms with Gasteiger partial charge in [0.05, 0.1) is 24.7 Å². The lowest BCUT2D eigenvalue weighted by atomic mass is 10.00. The molecule has 0 bridgehead atoms. The fraction of sp³-hybridized carbons (Fsp3) is 0.150. The van der Waals surface area contributed by atoms with Gasteiger partial charge in [0.1, 0.15) is 23.0 Å². The molecule has 1 aromatic carbocycles. The Hall–Kier alpha value is -3.68. The third-order valence-electron chi connectivity index (χ3n) is 4.82. The predicted molar refractivity (Wildman–Crippen MR) is 103 cm³/mol. The highest BCUT2D eigenvalue weighted by Crippen LogP contribution is 2.37. The van der Waals surface area contributed by atoms with Crippen molar-refractivity contribution in [1.82, 2.24) is 18.9 Å². The maximum atomic E-state index is 14.9. The van der Waals surface area contributed by atoms with Crippen LogP contribution in [0.1, 0.15) is 16.1 Å². The molecule has 0 atom stereocenters. The molecule has 0 unspecified atom stereocenters. The van der Waals surface area contributed by atoms with E-state index in [9.17, 15) is 9.18 Å². The summed E-state index contributed by atoms with van der Waals surface area (Å²) in [5.41, 5.74) is 9.74. The molecule has 4 rings (SSSR count). The van der Waals surface area contributed by atoms with Gasteiger partial charge in [0.25, 0.3) is 0 Å². The number of fused-ring (bicyclic) bond motifs is 1. The molecule has 28 heavy (non-hydrogen) atoms. The average molecular weight is 379 g/mol. The minimum Gasteiger partial charge on any atom is -0.465 e. The molecule has 142 valence electrons. The van der Waals surface area contributed by atoms with Crippen molar-refractivity contribution in [3.8, 4) is 22.5 Å². The van der Waals surface area contributed by atoms with Crippen LogP contribution in [0.5, 0.6) is 0 Å². The van der Waals surface area contributed by atoms with E-state index < -0.39 is 11.8 Å². The molecule has 0 saturated carbocycles. The molecule has 0 aliphatic carbocycles. The number of nitrogens with zero attached hydrogens (tertiary/aromatic N) is 4. The number of aryl methyl sites for hydroxylation is 1. The zero-order valence-corrected chi connectivity index (χ0v) is 15.6. The van der Waals surface area contributed by atoms with Gasteiger partial charge in [-0.15, -0.1) is 0 Å². The molecule has 0 fully saturated rings. The Kier molecular flexibility index (Phi) is 4.11. The number of hydrogen-bond donors (Lipinski definition) is 1. The Labute approximate surface area is 160 Å². The van der Waals surface area contributed by atoms with Crippen LogP contribution in [-0.4, -0.2) is 32.0 Å². The number of pyridine rings is 1. The largest absolute Gasteiger partial charge is 0.465 e. The molecule has 0 spiro atoms. The minimum absolute atomic E-state index is 0.269. The highest BCUT2D eigenvalue weighted by Gasteiger charge is 2.22. The van der Waals surface area contributed by atoms with Crippen LogP contribution in [0.15, 0.2) is 42.9 Å². The summed E-state index contributed by atoms with van der Waals surface area (Å²) in [6.45, 7) is 1.91. The molecule has 7 nitrogen and oxygen atoms in total. The number of carbonyl (C=O) groups is 1. The van der Waals surface area contributed by atoms with Gasteiger partial charge in [0, 0.05) is 30.1 Å². The van der Waals surface area contributed by atoms with Crippen molar-refractivity contribution in [2.24, 2.45) is 7.05 Å². The van der Waals surface area contributed by atoms with E-state index in [0.717, 1.165) is 5.69 Å². The number of rotatable bonds is 3. The fourth-order valence-electron chi connectivity index (χ4n) is 3.21. The second-order valence-electron chi connectivity index (χ2n) is 6.43. The number of carbonyl (C=O) groups excluding carboxylic acids is 1. The number of nitrogens with two attached hydrogens (primary N) is 1. The number of benzene rings is 1. The molecular formula is C20H18FN5O2. The summed E-state index contributed by atoms with van der Waals surface area (Å²) >= 11 is 0. The van der Waals surface area contributed by atoms with Gasteiger partial charge in [-0.1, -0.05) is 12.1 Å². The smallest absolute Gasteiger partial charge is 0.338 e. The van der Waals surface area contributed by atoms with E-state index in [1.54, 1.807) is 41.2 Å². The molecule has 0 aliphatic rings. The van der Waals surface area contributed by atoms with Gasteiger partial charge in [-0.25, -0.2) is 19.2 Å². The topological polar surface area (TPSA) is 87.4 Å². The SMILES string of the molecule is COC(=O)c1ccn2c(N)c(-c3c(F)cccc3-c3ncn(C)c3C)nc2c1. The molecule has 0 aliphatic heterocycles. The van der Waals surface area contributed by atoms with Gasteiger partial charge in [0.15, 0.2) is 0 Å². The number of imidazole rings is 2. The quantitative estimate of drug-likeness (QED) is 0.552. The lowest BCUT2D eigenvalue weighted by Crippen LogP contribution is -2.02. The second-order valence-corrected chi connectivity index (χ2v) is 6.43. The van der Waals surface area contributed by atoms with Crippen molar-refractivity contribution < 1.29 is 13.9 Å². The highest BCUT2D eigenvalue weighted by atomic mass is 19.1. The van der Waals surface area contributed by atoms with Crippen LogP contribution in [0.4, 0.5) is 10.2 Å². The molecule has 8 heteroatoms. The van der Waals surface area contributed by atoms with E-state index in [4.69, 9.17) is 10.5 Å². The summed E-state index contributed by atoms with van der Waals surface area (Å²) in [6.07, 6.45) is 3.29. The van der Waals surface area contributed by atoms with E-state index in [1.807, 2.05) is 18.5 Å². The van der Waals surface area contributed by atoms with E-state index in [0.29, 0.717) is 28.2 Å². The fourth-order valence-corrected chi connectivity index (χ4v) is 3.21. The number of ether oxygens (including phenoxy) is 1. The van der Waals surface area contributed by atoms with Crippen LogP contribution in [0, 0.1) is 12.7 Å². The summed E-state index contributed by atoms with van der Waals surface area (Å²) in [5, 5.41) is 0. The van der Waals surface area contributed by atoms with Crippen LogP contribution in [0.25, 0.3) is 28.2 Å². The Morgan fingerprint density at radius 1 is 1.25 bits per heavy atom. The van der Waals surface area contributed by atoms with Gasteiger partial charge < -0.3 is 15.0 Å². The molecule has 4 aromatic rings. The van der Waals surface area contributed by atoms with Crippen molar-refractivity contribution in [3.63, 3.8) is 0 Å². The van der Waals surface area contributed by atoms with Crippen molar-refractivity contribution >= 4 is 17.4 Å². The molecule has 0 amide bonds. The van der Waals surface area contributed by atoms with Gasteiger partial charge in [-0.2, -0.15) is 0 Å². The minimum atomic E-state index is -0.485. The maximum Gasteiger partial charge on any atom is 0.338 e. The third-order valence-corrected chi connectivity index (χ3v) is 4.82. The van der Waals surface area contributed by atoms with Crippen LogP contribution in [0.2, 0.25) is 0 Å². The Morgan fingerprint density at radius 3 is 2.71 bits per heavy atom. The van der Waals surface area contributed by atoms with E-state index in [-0.39, 0.29) is 11.4 Å². The standard InChI is InChI=1S/C20H18FN5O2/c1-11-17(23-10-25(11)2)13-5-4-6-14(21)16(13)18-19(22)26-8-7-12(20(27)28-3)9-15(26)24-18/h4-10H,22H2,1-3H3. The average Bonchev–Trinajstić information content (AvgIpc) is 3.20. The summed E-state index contributed by atoms with van der Waals surface area (Å²) in [7, 11) is 3.18. The predicted octanol–water partition coefficient (Wildman–Crippen LogP) is 3.22. The number of aromatic nitrogens is 4. The number of halogens is 1. The first-order valence-electron chi connectivity index (χ1n) is 8.55. The van der Waals surface area contributed by atoms with Gasteiger partial charge in [-0.05, 0) is 25.1 Å². The zero-order chi connectivity index (χ0) is 20.0. The maximum absolute atomic E-state index is 14.9. The number of methoxy groups -OCH3 is 1. The molecule has 0 saturated heterocycles. The summed E-state index contributed by atoms with van der Waals surface area (Å²) in [6, 6.07) is 7.91. The van der Waals surface area contributed by atoms with Gasteiger partial charge in [0.2, 0.25) is 0 Å². The third kappa shape index (κ3) is 2.61.